The summed E-state index contributed by atoms with van der Waals surface area (Å²) in [5.74, 6) is -0.0472. The van der Waals surface area contributed by atoms with Crippen LogP contribution in [0.4, 0.5) is 0 Å². The maximum Gasteiger partial charge on any atom is 0.249 e. The van der Waals surface area contributed by atoms with Crippen molar-refractivity contribution in [2.45, 2.75) is 89.8 Å². The number of rotatable bonds is 6. The van der Waals surface area contributed by atoms with Gasteiger partial charge in [-0.05, 0) is 40.0 Å². The first kappa shape index (κ1) is 17.4. The predicted molar refractivity (Wildman–Crippen MR) is 82.5 cm³/mol. The van der Waals surface area contributed by atoms with Crippen LogP contribution in [0.3, 0.4) is 0 Å². The maximum absolute atomic E-state index is 12.1. The molecule has 1 aliphatic rings. The van der Waals surface area contributed by atoms with Gasteiger partial charge in [-0.2, -0.15) is 0 Å². The molecule has 0 bridgehead atoms. The average molecular weight is 284 g/mol. The number of carbonyl (C=O) groups excluding carboxylic acids is 1. The molecule has 1 aliphatic carbocycles. The number of hydrogen-bond acceptors (Lipinski definition) is 3. The van der Waals surface area contributed by atoms with Crippen LogP contribution in [0.1, 0.15) is 72.6 Å². The van der Waals surface area contributed by atoms with Gasteiger partial charge in [0, 0.05) is 11.1 Å². The van der Waals surface area contributed by atoms with Crippen molar-refractivity contribution in [3.8, 4) is 0 Å². The van der Waals surface area contributed by atoms with E-state index in [-0.39, 0.29) is 17.0 Å². The highest BCUT2D eigenvalue weighted by Crippen LogP contribution is 2.25. The first-order valence-electron chi connectivity index (χ1n) is 8.00. The molecule has 0 radical (unpaired) electrons. The standard InChI is InChI=1S/C16H32N2O2/c1-5-15(3,4)18-14(19)13(2)20-12-16(17)10-8-6-7-9-11-16/h13H,5-12,17H2,1-4H3,(H,18,19). The Morgan fingerprint density at radius 2 is 1.85 bits per heavy atom. The summed E-state index contributed by atoms with van der Waals surface area (Å²) in [7, 11) is 0. The van der Waals surface area contributed by atoms with Crippen molar-refractivity contribution in [2.24, 2.45) is 5.73 Å². The van der Waals surface area contributed by atoms with Crippen molar-refractivity contribution in [3.63, 3.8) is 0 Å². The largest absolute Gasteiger partial charge is 0.367 e. The van der Waals surface area contributed by atoms with Crippen LogP contribution in [0.15, 0.2) is 0 Å². The topological polar surface area (TPSA) is 64.3 Å². The van der Waals surface area contributed by atoms with E-state index in [1.807, 2.05) is 13.8 Å². The molecule has 118 valence electrons. The number of nitrogens with one attached hydrogen (secondary N) is 1. The molecule has 0 aromatic rings. The smallest absolute Gasteiger partial charge is 0.249 e. The molecule has 0 aliphatic heterocycles. The summed E-state index contributed by atoms with van der Waals surface area (Å²) >= 11 is 0. The summed E-state index contributed by atoms with van der Waals surface area (Å²) in [6.07, 6.45) is 7.33. The zero-order chi connectivity index (χ0) is 15.2. The Bertz CT molecular complexity index is 308. The molecule has 1 fully saturated rings. The zero-order valence-electron chi connectivity index (χ0n) is 13.6. The van der Waals surface area contributed by atoms with Crippen LogP contribution < -0.4 is 11.1 Å². The lowest BCUT2D eigenvalue weighted by Crippen LogP contribution is -2.50. The van der Waals surface area contributed by atoms with E-state index in [4.69, 9.17) is 10.5 Å². The van der Waals surface area contributed by atoms with Crippen molar-refractivity contribution < 1.29 is 9.53 Å². The van der Waals surface area contributed by atoms with Gasteiger partial charge in [0.2, 0.25) is 5.91 Å². The van der Waals surface area contributed by atoms with Gasteiger partial charge in [-0.3, -0.25) is 4.79 Å². The summed E-state index contributed by atoms with van der Waals surface area (Å²) in [4.78, 5) is 12.1. The van der Waals surface area contributed by atoms with E-state index in [1.54, 1.807) is 6.92 Å². The lowest BCUT2D eigenvalue weighted by molar-refractivity contribution is -0.134. The summed E-state index contributed by atoms with van der Waals surface area (Å²) in [6, 6.07) is 0. The Kier molecular flexibility index (Phi) is 6.46. The molecule has 3 N–H and O–H groups in total. The summed E-state index contributed by atoms with van der Waals surface area (Å²) in [5, 5.41) is 3.01. The van der Waals surface area contributed by atoms with Crippen LogP contribution >= 0.6 is 0 Å². The van der Waals surface area contributed by atoms with Crippen molar-refractivity contribution in [3.05, 3.63) is 0 Å². The number of amides is 1. The molecule has 1 atom stereocenters. The third-order valence-corrected chi connectivity index (χ3v) is 4.43. The molecule has 4 heteroatoms. The minimum atomic E-state index is -0.440. The minimum Gasteiger partial charge on any atom is -0.367 e. The quantitative estimate of drug-likeness (QED) is 0.737. The second-order valence-electron chi connectivity index (χ2n) is 6.96. The molecular formula is C16H32N2O2. The molecule has 0 aromatic carbocycles. The number of ether oxygens (including phenoxy) is 1. The van der Waals surface area contributed by atoms with Crippen molar-refractivity contribution >= 4 is 5.91 Å². The van der Waals surface area contributed by atoms with Crippen LogP contribution in [0, 0.1) is 0 Å². The third kappa shape index (κ3) is 5.80. The fourth-order valence-electron chi connectivity index (χ4n) is 2.47. The van der Waals surface area contributed by atoms with Crippen LogP contribution in [-0.4, -0.2) is 29.7 Å². The summed E-state index contributed by atoms with van der Waals surface area (Å²) in [6.45, 7) is 8.39. The third-order valence-electron chi connectivity index (χ3n) is 4.43. The first-order chi connectivity index (χ1) is 9.28. The molecule has 1 amide bonds. The highest BCUT2D eigenvalue weighted by molar-refractivity contribution is 5.81. The van der Waals surface area contributed by atoms with E-state index in [2.05, 4.69) is 12.2 Å². The molecular weight excluding hydrogens is 252 g/mol. The Morgan fingerprint density at radius 3 is 2.35 bits per heavy atom. The van der Waals surface area contributed by atoms with Gasteiger partial charge in [-0.1, -0.05) is 32.6 Å². The predicted octanol–water partition coefficient (Wildman–Crippen LogP) is 2.75. The van der Waals surface area contributed by atoms with E-state index in [1.165, 1.54) is 25.7 Å². The Labute approximate surface area is 123 Å². The normalized spacial score (nSPS) is 21.1. The fraction of sp³-hybridized carbons (Fsp3) is 0.938. The number of carbonyl (C=O) groups is 1. The van der Waals surface area contributed by atoms with Gasteiger partial charge in [0.05, 0.1) is 6.61 Å². The van der Waals surface area contributed by atoms with Crippen LogP contribution in [0.5, 0.6) is 0 Å². The van der Waals surface area contributed by atoms with E-state index < -0.39 is 6.10 Å². The van der Waals surface area contributed by atoms with Crippen molar-refractivity contribution in [2.75, 3.05) is 6.61 Å². The van der Waals surface area contributed by atoms with Gasteiger partial charge in [-0.25, -0.2) is 0 Å². The molecule has 0 saturated heterocycles. The van der Waals surface area contributed by atoms with E-state index in [9.17, 15) is 4.79 Å². The second-order valence-corrected chi connectivity index (χ2v) is 6.96. The monoisotopic (exact) mass is 284 g/mol. The zero-order valence-corrected chi connectivity index (χ0v) is 13.6. The van der Waals surface area contributed by atoms with E-state index in [0.717, 1.165) is 19.3 Å². The molecule has 0 heterocycles. The van der Waals surface area contributed by atoms with Crippen molar-refractivity contribution in [1.29, 1.82) is 0 Å². The van der Waals surface area contributed by atoms with Gasteiger partial charge in [0.15, 0.2) is 0 Å². The lowest BCUT2D eigenvalue weighted by atomic mass is 9.92. The van der Waals surface area contributed by atoms with Gasteiger partial charge in [-0.15, -0.1) is 0 Å². The first-order valence-corrected chi connectivity index (χ1v) is 8.00. The Morgan fingerprint density at radius 1 is 1.30 bits per heavy atom. The number of nitrogens with two attached hydrogens (primary N) is 1. The summed E-state index contributed by atoms with van der Waals surface area (Å²) < 4.78 is 5.76. The van der Waals surface area contributed by atoms with Gasteiger partial charge >= 0.3 is 0 Å². The highest BCUT2D eigenvalue weighted by atomic mass is 16.5. The maximum atomic E-state index is 12.1. The lowest BCUT2D eigenvalue weighted by Gasteiger charge is -2.30. The molecule has 20 heavy (non-hydrogen) atoms. The molecule has 0 aromatic heterocycles. The molecule has 4 nitrogen and oxygen atoms in total. The molecule has 1 rings (SSSR count). The summed E-state index contributed by atoms with van der Waals surface area (Å²) in [5.41, 5.74) is 5.98. The number of hydrogen-bond donors (Lipinski definition) is 2. The SMILES string of the molecule is CCC(C)(C)NC(=O)C(C)OCC1(N)CCCCCC1. The molecule has 1 saturated carbocycles. The Balaban J connectivity index is 2.41. The van der Waals surface area contributed by atoms with Gasteiger partial charge in [0.1, 0.15) is 6.10 Å². The molecule has 0 spiro atoms. The van der Waals surface area contributed by atoms with Crippen molar-refractivity contribution in [1.82, 2.24) is 5.32 Å². The fourth-order valence-corrected chi connectivity index (χ4v) is 2.47. The average Bonchev–Trinajstić information content (AvgIpc) is 2.61. The van der Waals surface area contributed by atoms with Gasteiger partial charge < -0.3 is 15.8 Å². The molecule has 1 unspecified atom stereocenters. The van der Waals surface area contributed by atoms with E-state index >= 15 is 0 Å². The minimum absolute atomic E-state index is 0.0472. The highest BCUT2D eigenvalue weighted by Gasteiger charge is 2.29. The van der Waals surface area contributed by atoms with Gasteiger partial charge in [0.25, 0.3) is 0 Å². The van der Waals surface area contributed by atoms with E-state index in [0.29, 0.717) is 6.61 Å². The van der Waals surface area contributed by atoms with Crippen LogP contribution in [0.2, 0.25) is 0 Å². The van der Waals surface area contributed by atoms with Crippen LogP contribution in [0.25, 0.3) is 0 Å². The Hall–Kier alpha value is -0.610. The van der Waals surface area contributed by atoms with Crippen LogP contribution in [-0.2, 0) is 9.53 Å². The second kappa shape index (κ2) is 7.41.